The van der Waals surface area contributed by atoms with Gasteiger partial charge in [0.05, 0.1) is 11.7 Å². The number of hydrogen-bond donors (Lipinski definition) is 2. The Hall–Kier alpha value is -3.03. The highest BCUT2D eigenvalue weighted by atomic mass is 32.1. The second-order valence-electron chi connectivity index (χ2n) is 7.40. The van der Waals surface area contributed by atoms with Gasteiger partial charge >= 0.3 is 0 Å². The zero-order chi connectivity index (χ0) is 20.9. The Morgan fingerprint density at radius 1 is 1.10 bits per heavy atom. The van der Waals surface area contributed by atoms with Crippen LogP contribution in [0.3, 0.4) is 0 Å². The van der Waals surface area contributed by atoms with E-state index in [1.165, 1.54) is 23.8 Å². The van der Waals surface area contributed by atoms with Crippen molar-refractivity contribution < 1.29 is 9.59 Å². The fourth-order valence-electron chi connectivity index (χ4n) is 3.71. The van der Waals surface area contributed by atoms with Gasteiger partial charge < -0.3 is 10.6 Å². The van der Waals surface area contributed by atoms with Crippen molar-refractivity contribution in [1.82, 2.24) is 9.88 Å². The molecule has 1 atom stereocenters. The molecule has 2 aromatic carbocycles. The van der Waals surface area contributed by atoms with E-state index in [0.29, 0.717) is 5.13 Å². The van der Waals surface area contributed by atoms with Crippen molar-refractivity contribution in [2.24, 2.45) is 0 Å². The first-order chi connectivity index (χ1) is 14.6. The summed E-state index contributed by atoms with van der Waals surface area (Å²) in [5, 5.41) is 8.28. The predicted octanol–water partition coefficient (Wildman–Crippen LogP) is 4.37. The Bertz CT molecular complexity index is 1020. The molecule has 1 aliphatic heterocycles. The fraction of sp³-hybridized carbons (Fsp3) is 0.261. The maximum Gasteiger partial charge on any atom is 0.243 e. The first-order valence-electron chi connectivity index (χ1n) is 10.0. The summed E-state index contributed by atoms with van der Waals surface area (Å²) in [6.45, 7) is 3.19. The van der Waals surface area contributed by atoms with E-state index < -0.39 is 0 Å². The van der Waals surface area contributed by atoms with Crippen molar-refractivity contribution in [3.05, 3.63) is 65.5 Å². The molecule has 3 aromatic rings. The number of benzene rings is 2. The van der Waals surface area contributed by atoms with Gasteiger partial charge in [-0.05, 0) is 37.1 Å². The maximum atomic E-state index is 12.9. The van der Waals surface area contributed by atoms with Crippen LogP contribution in [0, 0.1) is 0 Å². The van der Waals surface area contributed by atoms with E-state index in [-0.39, 0.29) is 17.9 Å². The standard InChI is InChI=1S/C23H24N4O2S/c1-16(28)24-19-11-9-18(10-12-19)20-15-30-23(25-20)26-22(29)21-8-5-13-27(21)14-17-6-3-2-4-7-17/h2-4,6-7,9-12,15,21H,5,8,13-14H2,1H3,(H,24,28)(H,25,26,29). The molecule has 0 saturated carbocycles. The zero-order valence-corrected chi connectivity index (χ0v) is 17.6. The van der Waals surface area contributed by atoms with Gasteiger partial charge in [0.25, 0.3) is 0 Å². The van der Waals surface area contributed by atoms with Crippen LogP contribution < -0.4 is 10.6 Å². The molecular weight excluding hydrogens is 396 g/mol. The fourth-order valence-corrected chi connectivity index (χ4v) is 4.43. The van der Waals surface area contributed by atoms with E-state index in [0.717, 1.165) is 42.9 Å². The van der Waals surface area contributed by atoms with Gasteiger partial charge in [0, 0.05) is 30.1 Å². The number of rotatable bonds is 6. The first kappa shape index (κ1) is 20.3. The summed E-state index contributed by atoms with van der Waals surface area (Å²) in [6.07, 6.45) is 1.89. The molecule has 2 N–H and O–H groups in total. The molecule has 0 aliphatic carbocycles. The Balaban J connectivity index is 1.39. The van der Waals surface area contributed by atoms with Crippen molar-refractivity contribution >= 4 is 34.0 Å². The lowest BCUT2D eigenvalue weighted by Crippen LogP contribution is -2.39. The van der Waals surface area contributed by atoms with Crippen LogP contribution >= 0.6 is 11.3 Å². The molecule has 0 bridgehead atoms. The minimum absolute atomic E-state index is 0.00494. The lowest BCUT2D eigenvalue weighted by atomic mass is 10.1. The monoisotopic (exact) mass is 420 g/mol. The molecule has 1 fully saturated rings. The summed E-state index contributed by atoms with van der Waals surface area (Å²) in [4.78, 5) is 30.8. The van der Waals surface area contributed by atoms with Crippen molar-refractivity contribution in [3.63, 3.8) is 0 Å². The predicted molar refractivity (Wildman–Crippen MR) is 120 cm³/mol. The number of nitrogens with one attached hydrogen (secondary N) is 2. The molecule has 0 spiro atoms. The summed E-state index contributed by atoms with van der Waals surface area (Å²) in [5.74, 6) is -0.0973. The highest BCUT2D eigenvalue weighted by molar-refractivity contribution is 7.14. The van der Waals surface area contributed by atoms with Crippen molar-refractivity contribution in [1.29, 1.82) is 0 Å². The van der Waals surface area contributed by atoms with Crippen molar-refractivity contribution in [3.8, 4) is 11.3 Å². The molecule has 7 heteroatoms. The second-order valence-corrected chi connectivity index (χ2v) is 8.26. The van der Waals surface area contributed by atoms with E-state index >= 15 is 0 Å². The number of aromatic nitrogens is 1. The molecule has 1 aromatic heterocycles. The van der Waals surface area contributed by atoms with Crippen molar-refractivity contribution in [2.75, 3.05) is 17.2 Å². The minimum atomic E-state index is -0.130. The first-order valence-corrected chi connectivity index (χ1v) is 10.9. The van der Waals surface area contributed by atoms with Gasteiger partial charge in [-0.3, -0.25) is 14.5 Å². The largest absolute Gasteiger partial charge is 0.326 e. The third-order valence-electron chi connectivity index (χ3n) is 5.13. The molecule has 6 nitrogen and oxygen atoms in total. The number of thiazole rings is 1. The van der Waals surface area contributed by atoms with Gasteiger partial charge in [0.1, 0.15) is 0 Å². The third kappa shape index (κ3) is 4.93. The summed E-state index contributed by atoms with van der Waals surface area (Å²) in [5.41, 5.74) is 3.70. The number of hydrogen-bond acceptors (Lipinski definition) is 5. The van der Waals surface area contributed by atoms with Gasteiger partial charge in [-0.2, -0.15) is 0 Å². The molecule has 1 unspecified atom stereocenters. The van der Waals surface area contributed by atoms with Crippen LogP contribution in [0.15, 0.2) is 60.0 Å². The Kier molecular flexibility index (Phi) is 6.21. The topological polar surface area (TPSA) is 74.3 Å². The van der Waals surface area contributed by atoms with E-state index in [2.05, 4.69) is 32.7 Å². The molecule has 1 aliphatic rings. The Morgan fingerprint density at radius 3 is 2.60 bits per heavy atom. The Labute approximate surface area is 180 Å². The van der Waals surface area contributed by atoms with E-state index in [4.69, 9.17) is 0 Å². The summed E-state index contributed by atoms with van der Waals surface area (Å²) in [7, 11) is 0. The van der Waals surface area contributed by atoms with Gasteiger partial charge in [-0.1, -0.05) is 42.5 Å². The number of amides is 2. The van der Waals surface area contributed by atoms with E-state index in [9.17, 15) is 9.59 Å². The molecule has 2 amide bonds. The summed E-state index contributed by atoms with van der Waals surface area (Å²) >= 11 is 1.42. The smallest absolute Gasteiger partial charge is 0.243 e. The summed E-state index contributed by atoms with van der Waals surface area (Å²) in [6, 6.07) is 17.6. The van der Waals surface area contributed by atoms with Crippen LogP contribution in [0.2, 0.25) is 0 Å². The lowest BCUT2D eigenvalue weighted by molar-refractivity contribution is -0.120. The SMILES string of the molecule is CC(=O)Nc1ccc(-c2csc(NC(=O)C3CCCN3Cc3ccccc3)n2)cc1. The molecule has 154 valence electrons. The molecule has 30 heavy (non-hydrogen) atoms. The number of anilines is 2. The molecule has 2 heterocycles. The van der Waals surface area contributed by atoms with Crippen LogP contribution in [0.4, 0.5) is 10.8 Å². The number of likely N-dealkylation sites (tertiary alicyclic amines) is 1. The third-order valence-corrected chi connectivity index (χ3v) is 5.89. The van der Waals surface area contributed by atoms with E-state index in [1.54, 1.807) is 0 Å². The summed E-state index contributed by atoms with van der Waals surface area (Å²) < 4.78 is 0. The second kappa shape index (κ2) is 9.19. The molecule has 4 rings (SSSR count). The molecule has 0 radical (unpaired) electrons. The van der Waals surface area contributed by atoms with Crippen molar-refractivity contribution in [2.45, 2.75) is 32.4 Å². The average Bonchev–Trinajstić information content (AvgIpc) is 3.39. The van der Waals surface area contributed by atoms with Gasteiger partial charge in [0.2, 0.25) is 11.8 Å². The lowest BCUT2D eigenvalue weighted by Gasteiger charge is -2.23. The molecule has 1 saturated heterocycles. The number of carbonyl (C=O) groups is 2. The van der Waals surface area contributed by atoms with Crippen LogP contribution in [-0.4, -0.2) is 34.3 Å². The zero-order valence-electron chi connectivity index (χ0n) is 16.8. The molecular formula is C23H24N4O2S. The van der Waals surface area contributed by atoms with Gasteiger partial charge in [-0.15, -0.1) is 11.3 Å². The highest BCUT2D eigenvalue weighted by Crippen LogP contribution is 2.27. The van der Waals surface area contributed by atoms with E-state index in [1.807, 2.05) is 47.8 Å². The van der Waals surface area contributed by atoms with Crippen LogP contribution in [-0.2, 0) is 16.1 Å². The van der Waals surface area contributed by atoms with Crippen LogP contribution in [0.1, 0.15) is 25.3 Å². The highest BCUT2D eigenvalue weighted by Gasteiger charge is 2.31. The Morgan fingerprint density at radius 2 is 1.87 bits per heavy atom. The number of nitrogens with zero attached hydrogens (tertiary/aromatic N) is 2. The van der Waals surface area contributed by atoms with Crippen LogP contribution in [0.25, 0.3) is 11.3 Å². The maximum absolute atomic E-state index is 12.9. The van der Waals surface area contributed by atoms with Crippen LogP contribution in [0.5, 0.6) is 0 Å². The quantitative estimate of drug-likeness (QED) is 0.621. The number of carbonyl (C=O) groups excluding carboxylic acids is 2. The normalized spacial score (nSPS) is 16.4. The van der Waals surface area contributed by atoms with Gasteiger partial charge in [0.15, 0.2) is 5.13 Å². The average molecular weight is 421 g/mol. The minimum Gasteiger partial charge on any atom is -0.326 e. The van der Waals surface area contributed by atoms with Gasteiger partial charge in [-0.25, -0.2) is 4.98 Å².